The summed E-state index contributed by atoms with van der Waals surface area (Å²) in [5, 5.41) is 17.2. The summed E-state index contributed by atoms with van der Waals surface area (Å²) in [6.07, 6.45) is 5.11. The van der Waals surface area contributed by atoms with E-state index in [0.29, 0.717) is 18.8 Å². The Bertz CT molecular complexity index is 2020. The zero-order chi connectivity index (χ0) is 34.1. The highest BCUT2D eigenvalue weighted by atomic mass is 16.2. The van der Waals surface area contributed by atoms with Crippen LogP contribution in [0.3, 0.4) is 0 Å². The van der Waals surface area contributed by atoms with Crippen LogP contribution in [0.1, 0.15) is 89.6 Å². The van der Waals surface area contributed by atoms with Crippen molar-refractivity contribution >= 4 is 28.4 Å². The Labute approximate surface area is 288 Å². The van der Waals surface area contributed by atoms with Crippen molar-refractivity contribution in [2.24, 2.45) is 0 Å². The predicted octanol–water partition coefficient (Wildman–Crippen LogP) is 7.69. The van der Waals surface area contributed by atoms with Crippen molar-refractivity contribution in [2.45, 2.75) is 77.8 Å². The van der Waals surface area contributed by atoms with Crippen LogP contribution in [0.4, 0.5) is 5.82 Å². The number of hydrogen-bond acceptors (Lipinski definition) is 7. The smallest absolute Gasteiger partial charge is 0.234 e. The Hall–Kier alpha value is -4.95. The number of likely N-dealkylation sites (tertiary alicyclic amines) is 1. The minimum absolute atomic E-state index is 0.0707. The quantitative estimate of drug-likeness (QED) is 0.166. The lowest BCUT2D eigenvalue weighted by Gasteiger charge is -2.32. The number of anilines is 1. The molecule has 2 amide bonds. The van der Waals surface area contributed by atoms with Crippen molar-refractivity contribution in [3.8, 4) is 11.3 Å². The molecule has 2 aliphatic heterocycles. The molecular formula is C41H44N6O2. The van der Waals surface area contributed by atoms with E-state index in [2.05, 4.69) is 119 Å². The lowest BCUT2D eigenvalue weighted by atomic mass is 9.86. The van der Waals surface area contributed by atoms with Crippen LogP contribution < -0.4 is 10.6 Å². The van der Waals surface area contributed by atoms with Crippen molar-refractivity contribution < 1.29 is 9.59 Å². The van der Waals surface area contributed by atoms with Crippen LogP contribution >= 0.6 is 0 Å². The fraction of sp³-hybridized carbons (Fsp3) is 0.341. The molecule has 0 bridgehead atoms. The molecule has 49 heavy (non-hydrogen) atoms. The van der Waals surface area contributed by atoms with Gasteiger partial charge in [0.2, 0.25) is 11.8 Å². The Balaban J connectivity index is 1.02. The van der Waals surface area contributed by atoms with Crippen LogP contribution in [0.25, 0.3) is 22.0 Å². The number of carbonyl (C=O) groups is 2. The summed E-state index contributed by atoms with van der Waals surface area (Å²) in [7, 11) is 0. The largest absolute Gasteiger partial charge is 0.362 e. The molecule has 2 saturated heterocycles. The highest BCUT2D eigenvalue weighted by molar-refractivity contribution is 6.01. The van der Waals surface area contributed by atoms with Gasteiger partial charge in [0.05, 0.1) is 23.3 Å². The van der Waals surface area contributed by atoms with Gasteiger partial charge >= 0.3 is 0 Å². The average molecular weight is 653 g/mol. The van der Waals surface area contributed by atoms with Gasteiger partial charge in [-0.3, -0.25) is 24.8 Å². The van der Waals surface area contributed by atoms with Gasteiger partial charge in [-0.25, -0.2) is 0 Å². The summed E-state index contributed by atoms with van der Waals surface area (Å²) in [6, 6.07) is 25.9. The van der Waals surface area contributed by atoms with E-state index in [0.717, 1.165) is 71.6 Å². The number of amides is 2. The normalized spacial score (nSPS) is 18.0. The van der Waals surface area contributed by atoms with Gasteiger partial charge in [-0.15, -0.1) is 5.10 Å². The van der Waals surface area contributed by atoms with E-state index in [1.54, 1.807) is 0 Å². The van der Waals surface area contributed by atoms with Gasteiger partial charge in [0, 0.05) is 35.5 Å². The third-order valence-corrected chi connectivity index (χ3v) is 10.6. The molecule has 0 spiro atoms. The second kappa shape index (κ2) is 13.9. The first-order chi connectivity index (χ1) is 23.7. The molecule has 2 atom stereocenters. The maximum atomic E-state index is 12.3. The number of aryl methyl sites for hydroxylation is 2. The molecule has 2 unspecified atom stereocenters. The number of pyridine rings is 1. The molecule has 8 heteroatoms. The molecule has 7 rings (SSSR count). The van der Waals surface area contributed by atoms with Crippen molar-refractivity contribution in [1.29, 1.82) is 0 Å². The number of aromatic nitrogens is 3. The Morgan fingerprint density at radius 2 is 1.63 bits per heavy atom. The first kappa shape index (κ1) is 32.6. The number of nitrogens with zero attached hydrogens (tertiary/aromatic N) is 4. The standard InChI is InChI=1S/C41H44N6O2/c1-25-7-5-10-34(26(25)2)27(3)43-40-36-22-38(42-23-37(36)28(4)45-46-40)33-9-6-8-29(21-33)24-47-19-17-31(18-20-47)30-11-13-32(14-12-30)35-15-16-39(48)44-41(35)49/h5-14,21-23,27,31,35H,15-20,24H2,1-4H3,(H,43,46)(H,44,48,49). The molecule has 8 nitrogen and oxygen atoms in total. The fourth-order valence-electron chi connectivity index (χ4n) is 7.49. The minimum atomic E-state index is -0.234. The summed E-state index contributed by atoms with van der Waals surface area (Å²) < 4.78 is 0. The maximum Gasteiger partial charge on any atom is 0.234 e. The summed E-state index contributed by atoms with van der Waals surface area (Å²) in [6.45, 7) is 11.4. The molecule has 3 aromatic carbocycles. The van der Waals surface area contributed by atoms with E-state index in [-0.39, 0.29) is 23.8 Å². The number of rotatable bonds is 8. The van der Waals surface area contributed by atoms with E-state index in [1.165, 1.54) is 27.8 Å². The predicted molar refractivity (Wildman–Crippen MR) is 194 cm³/mol. The van der Waals surface area contributed by atoms with Gasteiger partial charge in [0.1, 0.15) is 0 Å². The van der Waals surface area contributed by atoms with E-state index in [1.807, 2.05) is 13.1 Å². The van der Waals surface area contributed by atoms with Crippen molar-refractivity contribution in [1.82, 2.24) is 25.4 Å². The average Bonchev–Trinajstić information content (AvgIpc) is 3.11. The number of carbonyl (C=O) groups excluding carboxylic acids is 2. The summed E-state index contributed by atoms with van der Waals surface area (Å²) in [4.78, 5) is 31.3. The van der Waals surface area contributed by atoms with Gasteiger partial charge < -0.3 is 5.32 Å². The van der Waals surface area contributed by atoms with Crippen molar-refractivity contribution in [3.63, 3.8) is 0 Å². The second-order valence-electron chi connectivity index (χ2n) is 13.8. The molecule has 5 aromatic rings. The van der Waals surface area contributed by atoms with Crippen LogP contribution in [0.2, 0.25) is 0 Å². The number of nitrogens with one attached hydrogen (secondary N) is 2. The van der Waals surface area contributed by atoms with Gasteiger partial charge in [0.15, 0.2) is 5.82 Å². The highest BCUT2D eigenvalue weighted by Gasteiger charge is 2.28. The minimum Gasteiger partial charge on any atom is -0.362 e. The van der Waals surface area contributed by atoms with Crippen LogP contribution in [0.5, 0.6) is 0 Å². The van der Waals surface area contributed by atoms with Gasteiger partial charge in [-0.05, 0) is 111 Å². The van der Waals surface area contributed by atoms with E-state index >= 15 is 0 Å². The number of hydrogen-bond donors (Lipinski definition) is 2. The summed E-state index contributed by atoms with van der Waals surface area (Å²) in [5.41, 5.74) is 10.3. The molecule has 2 aliphatic rings. The zero-order valence-corrected chi connectivity index (χ0v) is 28.8. The molecule has 0 radical (unpaired) electrons. The van der Waals surface area contributed by atoms with Crippen molar-refractivity contribution in [2.75, 3.05) is 18.4 Å². The second-order valence-corrected chi connectivity index (χ2v) is 13.8. The van der Waals surface area contributed by atoms with Gasteiger partial charge in [0.25, 0.3) is 0 Å². The van der Waals surface area contributed by atoms with E-state index in [9.17, 15) is 9.59 Å². The monoisotopic (exact) mass is 652 g/mol. The van der Waals surface area contributed by atoms with E-state index < -0.39 is 0 Å². The maximum absolute atomic E-state index is 12.3. The molecule has 4 heterocycles. The van der Waals surface area contributed by atoms with Crippen LogP contribution in [-0.2, 0) is 16.1 Å². The lowest BCUT2D eigenvalue weighted by molar-refractivity contribution is -0.134. The summed E-state index contributed by atoms with van der Waals surface area (Å²) in [5.74, 6) is 0.688. The zero-order valence-electron chi connectivity index (χ0n) is 28.8. The molecule has 0 aliphatic carbocycles. The molecule has 2 fully saturated rings. The number of benzene rings is 3. The third kappa shape index (κ3) is 6.97. The van der Waals surface area contributed by atoms with Crippen LogP contribution in [0.15, 0.2) is 79.0 Å². The Kier molecular flexibility index (Phi) is 9.23. The molecule has 0 saturated carbocycles. The van der Waals surface area contributed by atoms with Crippen molar-refractivity contribution in [3.05, 3.63) is 118 Å². The Morgan fingerprint density at radius 1 is 0.878 bits per heavy atom. The van der Waals surface area contributed by atoms with Crippen LogP contribution in [-0.4, -0.2) is 45.0 Å². The number of imide groups is 1. The van der Waals surface area contributed by atoms with Crippen LogP contribution in [0, 0.1) is 20.8 Å². The fourth-order valence-corrected chi connectivity index (χ4v) is 7.49. The molecular weight excluding hydrogens is 608 g/mol. The van der Waals surface area contributed by atoms with E-state index in [4.69, 9.17) is 4.98 Å². The first-order valence-electron chi connectivity index (χ1n) is 17.4. The van der Waals surface area contributed by atoms with Gasteiger partial charge in [-0.1, -0.05) is 60.7 Å². The third-order valence-electron chi connectivity index (χ3n) is 10.6. The SMILES string of the molecule is Cc1cccc(C(C)Nc2nnc(C)c3cnc(-c4cccc(CN5CCC(c6ccc(C7CCC(=O)NC7=O)cc6)CC5)c4)cc23)c1C. The number of piperidine rings is 2. The topological polar surface area (TPSA) is 100 Å². The summed E-state index contributed by atoms with van der Waals surface area (Å²) >= 11 is 0. The van der Waals surface area contributed by atoms with Gasteiger partial charge in [-0.2, -0.15) is 5.10 Å². The Morgan fingerprint density at radius 3 is 2.41 bits per heavy atom. The molecule has 2 aromatic heterocycles. The number of fused-ring (bicyclic) bond motifs is 1. The molecule has 2 N–H and O–H groups in total. The first-order valence-corrected chi connectivity index (χ1v) is 17.4. The lowest BCUT2D eigenvalue weighted by Crippen LogP contribution is -2.39. The highest BCUT2D eigenvalue weighted by Crippen LogP contribution is 2.33. The molecule has 250 valence electrons.